The van der Waals surface area contributed by atoms with Gasteiger partial charge in [-0.2, -0.15) is 42.7 Å². The van der Waals surface area contributed by atoms with Crippen molar-refractivity contribution in [2.24, 2.45) is 0 Å². The van der Waals surface area contributed by atoms with Crippen molar-refractivity contribution in [3.8, 4) is 69.0 Å². The van der Waals surface area contributed by atoms with Crippen molar-refractivity contribution in [3.63, 3.8) is 0 Å². The van der Waals surface area contributed by atoms with E-state index in [0.717, 1.165) is 79.9 Å². The molecule has 32 nitrogen and oxygen atoms in total. The van der Waals surface area contributed by atoms with E-state index in [1.165, 1.54) is 0 Å². The Morgan fingerprint density at radius 3 is 0.396 bits per heavy atom. The molecule has 0 saturated heterocycles. The van der Waals surface area contributed by atoms with E-state index in [1.807, 2.05) is 41.5 Å². The zero-order chi connectivity index (χ0) is 74.8. The van der Waals surface area contributed by atoms with Crippen LogP contribution in [-0.2, 0) is 115 Å². The smallest absolute Gasteiger partial charge is 0.870 e. The first kappa shape index (κ1) is 132. The van der Waals surface area contributed by atoms with Crippen LogP contribution >= 0.6 is 0 Å². The van der Waals surface area contributed by atoms with E-state index >= 15 is 0 Å². The van der Waals surface area contributed by atoms with Gasteiger partial charge in [0.25, 0.3) is 0 Å². The standard InChI is InChI=1S/6C9H11NO2.6CH3O.2ClHO4.7Ni/c6*1-2-12-8-5-3-4-7(6-10)9(8)11;6*1-2;2*2-1(3,4)5;;;;;;;/h6*3-6,10-11H,2H2,1H3;6*1H3;2*(H,2,3,4,5);;;;;;;/q;;;;;;6*-1;;;7*+2/p-8. The molecule has 0 spiro atoms. The van der Waals surface area contributed by atoms with Crippen molar-refractivity contribution in [2.45, 2.75) is 41.5 Å². The fraction of sp³-hybridized carbons (Fsp3) is 0.300. The maximum Gasteiger partial charge on any atom is 2.00 e. The molecule has 6 rings (SSSR count). The van der Waals surface area contributed by atoms with Crippen molar-refractivity contribution >= 4 is 37.3 Å². The summed E-state index contributed by atoms with van der Waals surface area (Å²) in [4.78, 5) is 0. The van der Waals surface area contributed by atoms with Crippen molar-refractivity contribution in [3.05, 3.63) is 143 Å². The molecular weight excluding hydrogens is 1700 g/mol. The summed E-state index contributed by atoms with van der Waals surface area (Å²) in [5.74, 6) is 0.627. The van der Waals surface area contributed by atoms with Gasteiger partial charge >= 0.3 is 115 Å². The van der Waals surface area contributed by atoms with Crippen LogP contribution in [0.5, 0.6) is 69.0 Å². The van der Waals surface area contributed by atoms with Gasteiger partial charge in [0.15, 0.2) is 0 Å². The molecule has 0 aliphatic carbocycles. The third-order valence-corrected chi connectivity index (χ3v) is 8.79. The molecule has 6 aromatic carbocycles. The van der Waals surface area contributed by atoms with E-state index in [1.54, 1.807) is 109 Å². The summed E-state index contributed by atoms with van der Waals surface area (Å²) in [5.41, 5.74) is 2.17. The summed E-state index contributed by atoms with van der Waals surface area (Å²) < 4.78 is 98.3. The Balaban J connectivity index is -0.0000000630. The Hall–Kier alpha value is -5.59. The largest absolute Gasteiger partial charge is 2.00 e. The van der Waals surface area contributed by atoms with Crippen molar-refractivity contribution in [2.75, 3.05) is 82.3 Å². The van der Waals surface area contributed by atoms with Crippen LogP contribution < -0.4 is 127 Å². The van der Waals surface area contributed by atoms with Gasteiger partial charge in [-0.1, -0.05) is 107 Å². The number of nitrogens with one attached hydrogen (secondary N) is 6. The number of para-hydroxylation sites is 6. The van der Waals surface area contributed by atoms with Gasteiger partial charge in [0, 0.05) is 37.3 Å². The molecule has 588 valence electrons. The van der Waals surface area contributed by atoms with E-state index in [4.69, 9.17) is 129 Å². The van der Waals surface area contributed by atoms with Crippen molar-refractivity contribution < 1.29 is 263 Å². The molecule has 0 aliphatic heterocycles. The van der Waals surface area contributed by atoms with Gasteiger partial charge in [-0.25, -0.2) is 37.3 Å². The maximum absolute atomic E-state index is 11.3. The van der Waals surface area contributed by atoms with Gasteiger partial charge in [-0.05, 0) is 111 Å². The van der Waals surface area contributed by atoms with Crippen LogP contribution in [0.4, 0.5) is 0 Å². The summed E-state index contributed by atoms with van der Waals surface area (Å²) in [7, 11) is -5.39. The van der Waals surface area contributed by atoms with E-state index in [-0.39, 0.29) is 150 Å². The molecule has 0 aromatic heterocycles. The van der Waals surface area contributed by atoms with E-state index in [2.05, 4.69) is 0 Å². The minimum Gasteiger partial charge on any atom is -0.870 e. The Morgan fingerprint density at radius 2 is 0.327 bits per heavy atom. The second kappa shape index (κ2) is 88.6. The van der Waals surface area contributed by atoms with Gasteiger partial charge in [-0.15, -0.1) is 20.5 Å². The first-order chi connectivity index (χ1) is 44.7. The Bertz CT molecular complexity index is 2420. The molecule has 0 fully saturated rings. The van der Waals surface area contributed by atoms with Crippen LogP contribution in [0.15, 0.2) is 109 Å². The number of hydrogen-bond acceptors (Lipinski definition) is 32. The minimum absolute atomic E-state index is 0. The van der Waals surface area contributed by atoms with Crippen molar-refractivity contribution in [1.82, 2.24) is 0 Å². The second-order valence-corrected chi connectivity index (χ2v) is 15.8. The molecule has 0 saturated carbocycles. The summed E-state index contributed by atoms with van der Waals surface area (Å²) >= 11 is 0. The monoisotopic (exact) mass is 1770 g/mol. The molecule has 41 heteroatoms. The van der Waals surface area contributed by atoms with Gasteiger partial charge in [0.1, 0.15) is 34.5 Å². The Morgan fingerprint density at radius 1 is 0.238 bits per heavy atom. The fourth-order valence-corrected chi connectivity index (χ4v) is 5.49. The van der Waals surface area contributed by atoms with Gasteiger partial charge < -0.3 is 122 Å². The van der Waals surface area contributed by atoms with E-state index < -0.39 is 20.5 Å². The first-order valence-electron chi connectivity index (χ1n) is 26.0. The Kier molecular flexibility index (Phi) is 115. The topological polar surface area (TPSA) is 660 Å². The van der Waals surface area contributed by atoms with Crippen LogP contribution in [0.1, 0.15) is 74.9 Å². The summed E-state index contributed by atoms with van der Waals surface area (Å²) in [6.45, 7) is 13.7. The molecule has 0 unspecified atom stereocenters. The predicted molar refractivity (Wildman–Crippen MR) is 305 cm³/mol. The summed E-state index contributed by atoms with van der Waals surface area (Å²) in [6.07, 6.45) is 6.20. The number of ether oxygens (including phenoxy) is 6. The third kappa shape index (κ3) is 68.6. The van der Waals surface area contributed by atoms with Crippen LogP contribution in [0.3, 0.4) is 0 Å². The zero-order valence-corrected chi connectivity index (χ0v) is 64.1. The first-order valence-corrected chi connectivity index (χ1v) is 28.5. The van der Waals surface area contributed by atoms with Crippen LogP contribution in [0.2, 0.25) is 0 Å². The van der Waals surface area contributed by atoms with Crippen LogP contribution in [0, 0.1) is 52.9 Å². The number of rotatable bonds is 18. The quantitative estimate of drug-likeness (QED) is 0.0344. The number of benzene rings is 6. The Labute approximate surface area is 662 Å². The molecule has 0 radical (unpaired) electrons. The van der Waals surface area contributed by atoms with Crippen molar-refractivity contribution in [1.29, 1.82) is 32.5 Å². The molecular formula is C60H78Cl2N6Ni7O26. The van der Waals surface area contributed by atoms with Gasteiger partial charge in [0.2, 0.25) is 0 Å². The molecule has 0 amide bonds. The second-order valence-electron chi connectivity index (χ2n) is 14.3. The molecule has 0 heterocycles. The SMILES string of the molecule is CCOc1cccc(C=N)c1[O-].CCOc1cccc(C=N)c1[O-].CCOc1cccc(C=N)c1[O-].CCOc1cccc(C=N)c1[O-].CCOc1cccc(C=N)c1[O-].CCOc1cccc(C=N)c1[O-].C[O-].C[O-].C[O-].C[O-].C[O-].C[O-].[Ni+2].[Ni+2].[Ni+2].[Ni+2].[Ni+2].[Ni+2].[Ni+2].[O-][Cl+3]([O-])([O-])[O-].[O-][Cl+3]([O-])([O-])[O-]. The van der Waals surface area contributed by atoms with Gasteiger partial charge in [-0.3, -0.25) is 0 Å². The normalized spacial score (nSPS) is 8.26. The molecule has 0 atom stereocenters. The average molecular weight is 1780 g/mol. The summed E-state index contributed by atoms with van der Waals surface area (Å²) in [6, 6.07) is 29.4. The number of hydrogen-bond donors (Lipinski definition) is 6. The van der Waals surface area contributed by atoms with E-state index in [9.17, 15) is 30.6 Å². The fourth-order valence-electron chi connectivity index (χ4n) is 5.49. The molecule has 6 aromatic rings. The van der Waals surface area contributed by atoms with Gasteiger partial charge in [0.05, 0.1) is 39.6 Å². The zero-order valence-electron chi connectivity index (χ0n) is 55.7. The predicted octanol–water partition coefficient (Wildman–Crippen LogP) is -8.73. The average Bonchev–Trinajstić information content (AvgIpc) is 0.927. The third-order valence-electron chi connectivity index (χ3n) is 8.79. The van der Waals surface area contributed by atoms with E-state index in [0.29, 0.717) is 108 Å². The minimum atomic E-state index is -4.94. The maximum atomic E-state index is 11.3. The van der Waals surface area contributed by atoms with Crippen LogP contribution in [-0.4, -0.2) is 120 Å². The molecule has 0 aliphatic rings. The molecule has 6 N–H and O–H groups in total. The molecule has 101 heavy (non-hydrogen) atoms. The molecule has 0 bridgehead atoms. The summed E-state index contributed by atoms with van der Waals surface area (Å²) in [5, 5.41) is 159. The van der Waals surface area contributed by atoms with Crippen LogP contribution in [0.25, 0.3) is 0 Å². The number of halogens is 2.